The van der Waals surface area contributed by atoms with Crippen LogP contribution in [0.5, 0.6) is 0 Å². The van der Waals surface area contributed by atoms with E-state index in [0.29, 0.717) is 13.2 Å². The van der Waals surface area contributed by atoms with Crippen molar-refractivity contribution in [2.24, 2.45) is 5.92 Å². The second kappa shape index (κ2) is 11.1. The van der Waals surface area contributed by atoms with Gasteiger partial charge in [-0.25, -0.2) is 0 Å². The molecule has 2 atom stereocenters. The SMILES string of the molecule is Cc1ccc(S(=O)(=O)OCC(COCc2ccccc2)C(C)O[Si](C)(C)C(C)(C)C)cc1. The molecule has 2 aromatic carbocycles. The molecule has 0 aliphatic rings. The summed E-state index contributed by atoms with van der Waals surface area (Å²) in [7, 11) is -5.89. The van der Waals surface area contributed by atoms with E-state index in [1.54, 1.807) is 24.3 Å². The quantitative estimate of drug-likeness (QED) is 0.295. The van der Waals surface area contributed by atoms with Gasteiger partial charge in [0.15, 0.2) is 8.32 Å². The van der Waals surface area contributed by atoms with Crippen molar-refractivity contribution in [2.75, 3.05) is 13.2 Å². The van der Waals surface area contributed by atoms with Crippen LogP contribution in [0.2, 0.25) is 18.1 Å². The summed E-state index contributed by atoms with van der Waals surface area (Å²) in [6.07, 6.45) is -0.208. The first-order valence-electron chi connectivity index (χ1n) is 11.1. The highest BCUT2D eigenvalue weighted by Gasteiger charge is 2.40. The Kier molecular flexibility index (Phi) is 9.25. The molecule has 0 N–H and O–H groups in total. The molecule has 5 nitrogen and oxygen atoms in total. The van der Waals surface area contributed by atoms with E-state index in [-0.39, 0.29) is 28.6 Å². The van der Waals surface area contributed by atoms with Gasteiger partial charge < -0.3 is 9.16 Å². The highest BCUT2D eigenvalue weighted by Crippen LogP contribution is 2.38. The van der Waals surface area contributed by atoms with Gasteiger partial charge in [-0.05, 0) is 49.7 Å². The lowest BCUT2D eigenvalue weighted by molar-refractivity contribution is 0.0141. The standard InChI is InChI=1S/C25H38O5SSi/c1-20-13-15-24(16-14-20)31(26,27)29-19-23(18-28-17-22-11-9-8-10-12-22)21(2)30-32(6,7)25(3,4)5/h8-16,21,23H,17-19H2,1-7H3. The maximum absolute atomic E-state index is 12.7. The fraction of sp³-hybridized carbons (Fsp3) is 0.520. The summed E-state index contributed by atoms with van der Waals surface area (Å²) < 4.78 is 43.4. The lowest BCUT2D eigenvalue weighted by Gasteiger charge is -2.40. The lowest BCUT2D eigenvalue weighted by Crippen LogP contribution is -2.46. The van der Waals surface area contributed by atoms with E-state index in [4.69, 9.17) is 13.3 Å². The number of hydrogen-bond donors (Lipinski definition) is 0. The second-order valence-corrected chi connectivity index (χ2v) is 16.3. The maximum atomic E-state index is 12.7. The Balaban J connectivity index is 2.10. The molecule has 0 saturated heterocycles. The highest BCUT2D eigenvalue weighted by molar-refractivity contribution is 7.86. The van der Waals surface area contributed by atoms with Crippen LogP contribution in [0.3, 0.4) is 0 Å². The lowest BCUT2D eigenvalue weighted by atomic mass is 10.1. The predicted octanol–water partition coefficient (Wildman–Crippen LogP) is 5.94. The first kappa shape index (κ1) is 26.7. The molecule has 2 rings (SSSR count). The zero-order valence-electron chi connectivity index (χ0n) is 20.4. The van der Waals surface area contributed by atoms with E-state index in [9.17, 15) is 8.42 Å². The van der Waals surface area contributed by atoms with Gasteiger partial charge in [-0.2, -0.15) is 8.42 Å². The van der Waals surface area contributed by atoms with Gasteiger partial charge in [-0.3, -0.25) is 4.18 Å². The van der Waals surface area contributed by atoms with E-state index >= 15 is 0 Å². The smallest absolute Gasteiger partial charge is 0.296 e. The number of benzene rings is 2. The Morgan fingerprint density at radius 2 is 1.53 bits per heavy atom. The highest BCUT2D eigenvalue weighted by atomic mass is 32.2. The third-order valence-corrected chi connectivity index (χ3v) is 12.0. The topological polar surface area (TPSA) is 61.8 Å². The number of rotatable bonds is 11. The summed E-state index contributed by atoms with van der Waals surface area (Å²) in [5.41, 5.74) is 2.06. The molecule has 0 radical (unpaired) electrons. The van der Waals surface area contributed by atoms with Gasteiger partial charge in [0.2, 0.25) is 0 Å². The summed E-state index contributed by atoms with van der Waals surface area (Å²) >= 11 is 0. The van der Waals surface area contributed by atoms with Gasteiger partial charge in [0.1, 0.15) is 0 Å². The summed E-state index contributed by atoms with van der Waals surface area (Å²) in [6.45, 7) is 15.6. The van der Waals surface area contributed by atoms with Gasteiger partial charge >= 0.3 is 0 Å². The Morgan fingerprint density at radius 3 is 2.09 bits per heavy atom. The molecule has 0 aliphatic heterocycles. The van der Waals surface area contributed by atoms with E-state index in [2.05, 4.69) is 33.9 Å². The van der Waals surface area contributed by atoms with Crippen molar-refractivity contribution >= 4 is 18.4 Å². The van der Waals surface area contributed by atoms with Crippen LogP contribution in [0, 0.1) is 12.8 Å². The van der Waals surface area contributed by atoms with Crippen LogP contribution in [-0.4, -0.2) is 36.1 Å². The Bertz CT molecular complexity index is 935. The molecule has 178 valence electrons. The molecule has 7 heteroatoms. The fourth-order valence-corrected chi connectivity index (χ4v) is 5.34. The first-order chi connectivity index (χ1) is 14.8. The summed E-state index contributed by atoms with van der Waals surface area (Å²) in [5.74, 6) is -0.229. The summed E-state index contributed by atoms with van der Waals surface area (Å²) in [4.78, 5) is 0.157. The normalized spacial score (nSPS) is 14.8. The summed E-state index contributed by atoms with van der Waals surface area (Å²) in [5, 5.41) is 0.0472. The van der Waals surface area contributed by atoms with E-state index in [0.717, 1.165) is 11.1 Å². The van der Waals surface area contributed by atoms with Crippen molar-refractivity contribution in [3.63, 3.8) is 0 Å². The Morgan fingerprint density at radius 1 is 0.938 bits per heavy atom. The minimum Gasteiger partial charge on any atom is -0.414 e. The molecule has 0 aromatic heterocycles. The van der Waals surface area contributed by atoms with Crippen molar-refractivity contribution in [2.45, 2.75) is 70.4 Å². The number of hydrogen-bond acceptors (Lipinski definition) is 5. The van der Waals surface area contributed by atoms with Crippen LogP contribution < -0.4 is 0 Å². The van der Waals surface area contributed by atoms with Crippen LogP contribution in [0.1, 0.15) is 38.8 Å². The largest absolute Gasteiger partial charge is 0.414 e. The van der Waals surface area contributed by atoms with Gasteiger partial charge in [-0.15, -0.1) is 0 Å². The Labute approximate surface area is 195 Å². The number of aryl methyl sites for hydroxylation is 1. The van der Waals surface area contributed by atoms with Crippen molar-refractivity contribution in [1.29, 1.82) is 0 Å². The van der Waals surface area contributed by atoms with Crippen molar-refractivity contribution < 1.29 is 21.8 Å². The third-order valence-electron chi connectivity index (χ3n) is 6.14. The van der Waals surface area contributed by atoms with Gasteiger partial charge in [0.05, 0.1) is 24.7 Å². The van der Waals surface area contributed by atoms with E-state index in [1.165, 1.54) is 0 Å². The molecular weight excluding hydrogens is 440 g/mol. The zero-order chi connectivity index (χ0) is 24.0. The molecule has 0 amide bonds. The van der Waals surface area contributed by atoms with Crippen LogP contribution in [0.15, 0.2) is 59.5 Å². The molecular formula is C25H38O5SSi. The zero-order valence-corrected chi connectivity index (χ0v) is 22.2. The van der Waals surface area contributed by atoms with Crippen molar-refractivity contribution in [1.82, 2.24) is 0 Å². The van der Waals surface area contributed by atoms with Gasteiger partial charge in [0.25, 0.3) is 10.1 Å². The number of ether oxygens (including phenoxy) is 1. The van der Waals surface area contributed by atoms with Crippen LogP contribution in [-0.2, 0) is 30.1 Å². The second-order valence-electron chi connectivity index (χ2n) is 9.90. The third kappa shape index (κ3) is 7.81. The molecule has 32 heavy (non-hydrogen) atoms. The Hall–Kier alpha value is -1.51. The van der Waals surface area contributed by atoms with Crippen LogP contribution in [0.25, 0.3) is 0 Å². The van der Waals surface area contributed by atoms with E-state index in [1.807, 2.05) is 44.2 Å². The van der Waals surface area contributed by atoms with Gasteiger partial charge in [0, 0.05) is 12.0 Å². The predicted molar refractivity (Wildman–Crippen MR) is 132 cm³/mol. The molecule has 2 aromatic rings. The van der Waals surface area contributed by atoms with Crippen molar-refractivity contribution in [3.8, 4) is 0 Å². The average molecular weight is 479 g/mol. The minimum atomic E-state index is -3.85. The van der Waals surface area contributed by atoms with Gasteiger partial charge in [-0.1, -0.05) is 68.8 Å². The fourth-order valence-electron chi connectivity index (χ4n) is 2.91. The van der Waals surface area contributed by atoms with Crippen LogP contribution in [0.4, 0.5) is 0 Å². The molecule has 0 spiro atoms. The first-order valence-corrected chi connectivity index (χ1v) is 15.4. The summed E-state index contributed by atoms with van der Waals surface area (Å²) in [6, 6.07) is 16.6. The molecule has 0 bridgehead atoms. The molecule has 2 unspecified atom stereocenters. The average Bonchev–Trinajstić information content (AvgIpc) is 2.70. The molecule has 0 saturated carbocycles. The van der Waals surface area contributed by atoms with Crippen LogP contribution >= 0.6 is 0 Å². The monoisotopic (exact) mass is 478 g/mol. The minimum absolute atomic E-state index is 0.000783. The maximum Gasteiger partial charge on any atom is 0.296 e. The molecule has 0 fully saturated rings. The van der Waals surface area contributed by atoms with Crippen molar-refractivity contribution in [3.05, 3.63) is 65.7 Å². The van der Waals surface area contributed by atoms with E-state index < -0.39 is 18.4 Å². The molecule has 0 heterocycles. The molecule has 0 aliphatic carbocycles.